The molecule has 4 aromatic rings. The van der Waals surface area contributed by atoms with E-state index >= 15 is 0 Å². The number of hydrogen-bond acceptors (Lipinski definition) is 2. The molecule has 0 amide bonds. The Kier molecular flexibility index (Phi) is 6.17. The second-order valence-electron chi connectivity index (χ2n) is 12.9. The van der Waals surface area contributed by atoms with Crippen LogP contribution in [0.4, 0.5) is 0 Å². The minimum Gasteiger partial charge on any atom is -0.321 e. The molecule has 0 saturated heterocycles. The molecule has 0 saturated carbocycles. The molecule has 190 valence electrons. The van der Waals surface area contributed by atoms with Crippen molar-refractivity contribution in [3.8, 4) is 0 Å². The number of hydrogen-bond donors (Lipinski definition) is 0. The third kappa shape index (κ3) is 4.06. The number of nitrogens with zero attached hydrogens (tertiary/aromatic N) is 2. The van der Waals surface area contributed by atoms with Crippen molar-refractivity contribution in [2.45, 2.75) is 64.7 Å². The van der Waals surface area contributed by atoms with Gasteiger partial charge in [-0.25, -0.2) is 0 Å². The summed E-state index contributed by atoms with van der Waals surface area (Å²) in [5.74, 6) is 0. The van der Waals surface area contributed by atoms with Gasteiger partial charge in [-0.15, -0.1) is 0 Å². The fourth-order valence-electron chi connectivity index (χ4n) is 7.18. The molecule has 0 N–H and O–H groups in total. The molecule has 0 fully saturated rings. The molecule has 0 aromatic heterocycles. The topological polar surface area (TPSA) is 6.48 Å². The number of rotatable bonds is 3. The van der Waals surface area contributed by atoms with Gasteiger partial charge in [0.1, 0.15) is 0 Å². The molecule has 2 nitrogen and oxygen atoms in total. The molecule has 0 unspecified atom stereocenters. The van der Waals surface area contributed by atoms with Crippen molar-refractivity contribution in [3.05, 3.63) is 120 Å². The van der Waals surface area contributed by atoms with Gasteiger partial charge in [-0.3, -0.25) is 0 Å². The lowest BCUT2D eigenvalue weighted by Crippen LogP contribution is -2.62. The second kappa shape index (κ2) is 9.29. The van der Waals surface area contributed by atoms with Crippen LogP contribution in [0.1, 0.15) is 64.8 Å². The Hall–Kier alpha value is -3.07. The zero-order valence-electron chi connectivity index (χ0n) is 23.6. The van der Waals surface area contributed by atoms with Gasteiger partial charge < -0.3 is 9.62 Å². The average molecular weight is 496 g/mol. The van der Waals surface area contributed by atoms with E-state index in [0.717, 1.165) is 0 Å². The highest BCUT2D eigenvalue weighted by Gasteiger charge is 2.56. The molecule has 0 spiro atoms. The Balaban J connectivity index is 1.62. The summed E-state index contributed by atoms with van der Waals surface area (Å²) >= 11 is 0. The smallest absolute Gasteiger partial charge is 0.293 e. The van der Waals surface area contributed by atoms with Gasteiger partial charge in [0.2, 0.25) is 0 Å². The van der Waals surface area contributed by atoms with Crippen molar-refractivity contribution in [1.82, 2.24) is 9.62 Å². The SMILES string of the molecule is CC(C)(C)N1B(c2ccccc2)c2ccccc2[C@@H]1[C@H]1c2ccccc2B(c2ccccc2)N1C(C)(C)C. The van der Waals surface area contributed by atoms with Crippen LogP contribution in [0.15, 0.2) is 109 Å². The molecule has 2 atom stereocenters. The van der Waals surface area contributed by atoms with E-state index in [2.05, 4.69) is 160 Å². The zero-order chi connectivity index (χ0) is 26.7. The summed E-state index contributed by atoms with van der Waals surface area (Å²) in [4.78, 5) is 5.61. The Morgan fingerprint density at radius 1 is 0.447 bits per heavy atom. The third-order valence-electron chi connectivity index (χ3n) is 8.45. The molecule has 4 heteroatoms. The van der Waals surface area contributed by atoms with E-state index in [-0.39, 0.29) is 36.9 Å². The van der Waals surface area contributed by atoms with Crippen LogP contribution in [0.25, 0.3) is 0 Å². The van der Waals surface area contributed by atoms with Crippen LogP contribution in [-0.4, -0.2) is 34.4 Å². The van der Waals surface area contributed by atoms with Gasteiger partial charge in [0.25, 0.3) is 13.7 Å². The minimum absolute atomic E-state index is 0.0481. The molecular formula is C34H38B2N2. The third-order valence-corrected chi connectivity index (χ3v) is 8.45. The lowest BCUT2D eigenvalue weighted by molar-refractivity contribution is 0.0911. The van der Waals surface area contributed by atoms with Crippen LogP contribution in [-0.2, 0) is 0 Å². The Labute approximate surface area is 229 Å². The molecule has 0 radical (unpaired) electrons. The maximum absolute atomic E-state index is 2.81. The van der Waals surface area contributed by atoms with E-state index in [1.165, 1.54) is 33.0 Å². The quantitative estimate of drug-likeness (QED) is 0.372. The van der Waals surface area contributed by atoms with E-state index in [9.17, 15) is 0 Å². The van der Waals surface area contributed by atoms with Crippen molar-refractivity contribution in [2.24, 2.45) is 0 Å². The summed E-state index contributed by atoms with van der Waals surface area (Å²) in [5.41, 5.74) is 8.43. The summed E-state index contributed by atoms with van der Waals surface area (Å²) < 4.78 is 0. The van der Waals surface area contributed by atoms with Crippen LogP contribution >= 0.6 is 0 Å². The van der Waals surface area contributed by atoms with Gasteiger partial charge in [-0.05, 0) is 52.7 Å². The molecular weight excluding hydrogens is 458 g/mol. The van der Waals surface area contributed by atoms with Gasteiger partial charge >= 0.3 is 0 Å². The van der Waals surface area contributed by atoms with E-state index in [1.54, 1.807) is 0 Å². The van der Waals surface area contributed by atoms with Gasteiger partial charge in [-0.2, -0.15) is 0 Å². The lowest BCUT2D eigenvalue weighted by atomic mass is 9.49. The van der Waals surface area contributed by atoms with Gasteiger partial charge in [0.15, 0.2) is 0 Å². The van der Waals surface area contributed by atoms with E-state index in [4.69, 9.17) is 0 Å². The Morgan fingerprint density at radius 3 is 1.11 bits per heavy atom. The van der Waals surface area contributed by atoms with Gasteiger partial charge in [0.05, 0.1) is 0 Å². The van der Waals surface area contributed by atoms with Crippen molar-refractivity contribution in [2.75, 3.05) is 0 Å². The van der Waals surface area contributed by atoms with E-state index in [1.807, 2.05) is 0 Å². The first kappa shape index (κ1) is 25.2. The summed E-state index contributed by atoms with van der Waals surface area (Å²) in [6.45, 7) is 14.7. The van der Waals surface area contributed by atoms with Crippen molar-refractivity contribution < 1.29 is 0 Å². The molecule has 0 aliphatic carbocycles. The predicted octanol–water partition coefficient (Wildman–Crippen LogP) is 4.91. The highest BCUT2D eigenvalue weighted by Crippen LogP contribution is 2.49. The standard InChI is InChI=1S/C34H38B2N2/c1-33(2,3)37-31(27-21-13-15-23-29(27)35(37)25-17-9-7-10-18-25)32-28-22-14-16-24-30(28)36(38(32)34(4,5)6)26-19-11-8-12-20-26/h7-24,31-32H,1-6H3/t31-,32-/m1/s1. The molecule has 2 aliphatic heterocycles. The summed E-state index contributed by atoms with van der Waals surface area (Å²) in [6.07, 6.45) is 0. The minimum atomic E-state index is -0.0481. The van der Waals surface area contributed by atoms with Crippen LogP contribution < -0.4 is 21.9 Å². The summed E-state index contributed by atoms with van der Waals surface area (Å²) in [5, 5.41) is 0. The van der Waals surface area contributed by atoms with E-state index in [0.29, 0.717) is 0 Å². The van der Waals surface area contributed by atoms with Crippen LogP contribution in [0, 0.1) is 0 Å². The second-order valence-corrected chi connectivity index (χ2v) is 12.9. The number of fused-ring (bicyclic) bond motifs is 2. The van der Waals surface area contributed by atoms with Crippen molar-refractivity contribution in [1.29, 1.82) is 0 Å². The molecule has 2 heterocycles. The highest BCUT2D eigenvalue weighted by molar-refractivity contribution is 6.85. The largest absolute Gasteiger partial charge is 0.321 e. The molecule has 6 rings (SSSR count). The maximum Gasteiger partial charge on any atom is 0.293 e. The zero-order valence-corrected chi connectivity index (χ0v) is 23.6. The molecule has 4 aromatic carbocycles. The fraction of sp³-hybridized carbons (Fsp3) is 0.294. The Morgan fingerprint density at radius 2 is 0.763 bits per heavy atom. The number of benzene rings is 4. The van der Waals surface area contributed by atoms with Gasteiger partial charge in [-0.1, -0.05) is 131 Å². The highest BCUT2D eigenvalue weighted by atomic mass is 15.3. The predicted molar refractivity (Wildman–Crippen MR) is 164 cm³/mol. The summed E-state index contributed by atoms with van der Waals surface area (Å²) in [6, 6.07) is 41.0. The van der Waals surface area contributed by atoms with Gasteiger partial charge in [0, 0.05) is 23.2 Å². The first-order valence-electron chi connectivity index (χ1n) is 14.0. The maximum atomic E-state index is 2.81. The molecule has 0 bridgehead atoms. The molecule has 38 heavy (non-hydrogen) atoms. The fourth-order valence-corrected chi connectivity index (χ4v) is 7.18. The van der Waals surface area contributed by atoms with E-state index < -0.39 is 0 Å². The van der Waals surface area contributed by atoms with Crippen LogP contribution in [0.2, 0.25) is 0 Å². The molecule has 2 aliphatic rings. The lowest BCUT2D eigenvalue weighted by Gasteiger charge is -2.49. The normalized spacial score (nSPS) is 20.1. The first-order chi connectivity index (χ1) is 18.2. The summed E-state index contributed by atoms with van der Waals surface area (Å²) in [7, 11) is 0. The monoisotopic (exact) mass is 496 g/mol. The average Bonchev–Trinajstić information content (AvgIpc) is 3.43. The van der Waals surface area contributed by atoms with Crippen LogP contribution in [0.3, 0.4) is 0 Å². The Bertz CT molecular complexity index is 1310. The first-order valence-corrected chi connectivity index (χ1v) is 14.0. The van der Waals surface area contributed by atoms with Crippen molar-refractivity contribution >= 4 is 35.5 Å². The van der Waals surface area contributed by atoms with Crippen molar-refractivity contribution in [3.63, 3.8) is 0 Å². The van der Waals surface area contributed by atoms with Crippen LogP contribution in [0.5, 0.6) is 0 Å².